The van der Waals surface area contributed by atoms with Crippen LogP contribution in [0.15, 0.2) is 24.3 Å². The predicted octanol–water partition coefficient (Wildman–Crippen LogP) is 2.74. The highest BCUT2D eigenvalue weighted by Crippen LogP contribution is 2.24. The first kappa shape index (κ1) is 16.0. The number of benzene rings is 1. The minimum Gasteiger partial charge on any atom is -0.492 e. The molecule has 0 bridgehead atoms. The van der Waals surface area contributed by atoms with Crippen LogP contribution < -0.4 is 15.4 Å². The average molecular weight is 319 g/mol. The van der Waals surface area contributed by atoms with Gasteiger partial charge in [-0.15, -0.1) is 11.3 Å². The fourth-order valence-electron chi connectivity index (χ4n) is 1.71. The Bertz CT molecular complexity index is 678. The summed E-state index contributed by atoms with van der Waals surface area (Å²) < 4.78 is 5.40. The minimum atomic E-state index is -0.766. The number of amides is 2. The number of hydrogen-bond acceptors (Lipinski definition) is 5. The number of carbonyl (C=O) groups is 2. The first-order valence-electron chi connectivity index (χ1n) is 6.79. The maximum atomic E-state index is 12.0. The molecule has 0 saturated heterocycles. The summed E-state index contributed by atoms with van der Waals surface area (Å²) in [6.07, 6.45) is 0. The molecule has 2 amide bonds. The summed E-state index contributed by atoms with van der Waals surface area (Å²) >= 11 is 1.33. The number of rotatable bonds is 4. The van der Waals surface area contributed by atoms with Gasteiger partial charge >= 0.3 is 11.8 Å². The largest absolute Gasteiger partial charge is 0.492 e. The van der Waals surface area contributed by atoms with Crippen molar-refractivity contribution in [3.8, 4) is 5.75 Å². The molecule has 0 saturated carbocycles. The Kier molecular flexibility index (Phi) is 5.11. The molecule has 0 atom stereocenters. The van der Waals surface area contributed by atoms with Crippen molar-refractivity contribution >= 4 is 34.0 Å². The van der Waals surface area contributed by atoms with Crippen molar-refractivity contribution < 1.29 is 14.3 Å². The molecular weight excluding hydrogens is 302 g/mol. The van der Waals surface area contributed by atoms with Gasteiger partial charge in [-0.3, -0.25) is 14.9 Å². The Morgan fingerprint density at radius 2 is 1.86 bits per heavy atom. The number of hydrogen-bond donors (Lipinski definition) is 2. The third kappa shape index (κ3) is 3.82. The van der Waals surface area contributed by atoms with Crippen LogP contribution in [0.5, 0.6) is 5.75 Å². The molecule has 2 N–H and O–H groups in total. The van der Waals surface area contributed by atoms with Gasteiger partial charge in [-0.25, -0.2) is 4.98 Å². The smallest absolute Gasteiger partial charge is 0.315 e. The molecule has 116 valence electrons. The Labute approximate surface area is 132 Å². The van der Waals surface area contributed by atoms with Crippen LogP contribution >= 0.6 is 11.3 Å². The number of nitrogens with one attached hydrogen (secondary N) is 2. The van der Waals surface area contributed by atoms with Crippen molar-refractivity contribution in [1.82, 2.24) is 4.98 Å². The topological polar surface area (TPSA) is 80.3 Å². The molecule has 0 spiro atoms. The first-order valence-corrected chi connectivity index (χ1v) is 7.61. The second-order valence-corrected chi connectivity index (χ2v) is 5.70. The van der Waals surface area contributed by atoms with E-state index in [9.17, 15) is 9.59 Å². The molecule has 2 rings (SSSR count). The zero-order chi connectivity index (χ0) is 16.1. The quantitative estimate of drug-likeness (QED) is 0.849. The summed E-state index contributed by atoms with van der Waals surface area (Å²) in [5, 5.41) is 5.44. The van der Waals surface area contributed by atoms with Crippen LogP contribution in [-0.2, 0) is 9.59 Å². The number of anilines is 2. The van der Waals surface area contributed by atoms with Crippen molar-refractivity contribution in [1.29, 1.82) is 0 Å². The molecule has 0 aliphatic rings. The van der Waals surface area contributed by atoms with Crippen molar-refractivity contribution in [3.63, 3.8) is 0 Å². The molecule has 1 aromatic carbocycles. The minimum absolute atomic E-state index is 0.410. The number of ether oxygens (including phenoxy) is 1. The fraction of sp³-hybridized carbons (Fsp3) is 0.267. The number of aromatic nitrogens is 1. The van der Waals surface area contributed by atoms with Crippen LogP contribution in [0.1, 0.15) is 17.5 Å². The Morgan fingerprint density at radius 1 is 1.18 bits per heavy atom. The number of aryl methyl sites for hydroxylation is 2. The summed E-state index contributed by atoms with van der Waals surface area (Å²) in [6, 6.07) is 6.95. The van der Waals surface area contributed by atoms with Gasteiger partial charge in [0.25, 0.3) is 0 Å². The first-order chi connectivity index (χ1) is 10.5. The number of nitrogens with zero attached hydrogens (tertiary/aromatic N) is 1. The predicted molar refractivity (Wildman–Crippen MR) is 86.5 cm³/mol. The third-order valence-corrected chi connectivity index (χ3v) is 3.88. The van der Waals surface area contributed by atoms with E-state index in [1.807, 2.05) is 20.8 Å². The number of carbonyl (C=O) groups excluding carboxylic acids is 2. The maximum absolute atomic E-state index is 12.0. The third-order valence-electron chi connectivity index (χ3n) is 2.89. The molecule has 22 heavy (non-hydrogen) atoms. The average Bonchev–Trinajstić information content (AvgIpc) is 2.79. The van der Waals surface area contributed by atoms with Gasteiger partial charge in [0.2, 0.25) is 0 Å². The molecule has 0 radical (unpaired) electrons. The zero-order valence-corrected chi connectivity index (χ0v) is 13.4. The van der Waals surface area contributed by atoms with Crippen LogP contribution in [0.4, 0.5) is 10.8 Å². The summed E-state index contributed by atoms with van der Waals surface area (Å²) in [5.74, 6) is -1.01. The lowest BCUT2D eigenvalue weighted by Crippen LogP contribution is -2.29. The molecule has 1 heterocycles. The lowest BCUT2D eigenvalue weighted by Gasteiger charge is -2.10. The molecule has 0 unspecified atom stereocenters. The normalized spacial score (nSPS) is 10.1. The van der Waals surface area contributed by atoms with E-state index in [0.717, 1.165) is 10.6 Å². The van der Waals surface area contributed by atoms with E-state index in [-0.39, 0.29) is 0 Å². The fourth-order valence-corrected chi connectivity index (χ4v) is 2.52. The van der Waals surface area contributed by atoms with Crippen LogP contribution in [0.25, 0.3) is 0 Å². The Balaban J connectivity index is 2.04. The lowest BCUT2D eigenvalue weighted by molar-refractivity contribution is -0.133. The SMILES string of the molecule is CCOc1ccccc1NC(=O)C(=O)Nc1nc(C)c(C)s1. The van der Waals surface area contributed by atoms with E-state index >= 15 is 0 Å². The van der Waals surface area contributed by atoms with Crippen LogP contribution in [0.2, 0.25) is 0 Å². The molecule has 1 aromatic heterocycles. The monoisotopic (exact) mass is 319 g/mol. The van der Waals surface area contributed by atoms with Crippen molar-refractivity contribution in [3.05, 3.63) is 34.8 Å². The highest BCUT2D eigenvalue weighted by Gasteiger charge is 2.17. The van der Waals surface area contributed by atoms with Crippen molar-refractivity contribution in [2.24, 2.45) is 0 Å². The molecule has 0 aliphatic heterocycles. The number of para-hydroxylation sites is 2. The van der Waals surface area contributed by atoms with Gasteiger partial charge in [-0.05, 0) is 32.9 Å². The Hall–Kier alpha value is -2.41. The molecule has 0 aliphatic carbocycles. The molecule has 6 nitrogen and oxygen atoms in total. The van der Waals surface area contributed by atoms with E-state index in [2.05, 4.69) is 15.6 Å². The van der Waals surface area contributed by atoms with E-state index < -0.39 is 11.8 Å². The van der Waals surface area contributed by atoms with Gasteiger partial charge in [-0.2, -0.15) is 0 Å². The van der Waals surface area contributed by atoms with Gasteiger partial charge in [0.05, 0.1) is 18.0 Å². The summed E-state index contributed by atoms with van der Waals surface area (Å²) in [5.41, 5.74) is 1.29. The second kappa shape index (κ2) is 7.04. The van der Waals surface area contributed by atoms with E-state index in [0.29, 0.717) is 23.2 Å². The van der Waals surface area contributed by atoms with Crippen LogP contribution in [0, 0.1) is 13.8 Å². The summed E-state index contributed by atoms with van der Waals surface area (Å²) in [6.45, 7) is 6.07. The standard InChI is InChI=1S/C15H17N3O3S/c1-4-21-12-8-6-5-7-11(12)17-13(19)14(20)18-15-16-9(2)10(3)22-15/h5-8H,4H2,1-3H3,(H,17,19)(H,16,18,20). The molecule has 2 aromatic rings. The summed E-state index contributed by atoms with van der Waals surface area (Å²) in [4.78, 5) is 29.0. The maximum Gasteiger partial charge on any atom is 0.315 e. The highest BCUT2D eigenvalue weighted by atomic mass is 32.1. The number of thiazole rings is 1. The van der Waals surface area contributed by atoms with Gasteiger partial charge < -0.3 is 10.1 Å². The van der Waals surface area contributed by atoms with Crippen LogP contribution in [0.3, 0.4) is 0 Å². The second-order valence-electron chi connectivity index (χ2n) is 4.50. The lowest BCUT2D eigenvalue weighted by atomic mass is 10.3. The van der Waals surface area contributed by atoms with E-state index in [4.69, 9.17) is 4.74 Å². The van der Waals surface area contributed by atoms with Crippen molar-refractivity contribution in [2.75, 3.05) is 17.2 Å². The molecule has 7 heteroatoms. The van der Waals surface area contributed by atoms with E-state index in [1.165, 1.54) is 11.3 Å². The van der Waals surface area contributed by atoms with E-state index in [1.54, 1.807) is 24.3 Å². The summed E-state index contributed by atoms with van der Waals surface area (Å²) in [7, 11) is 0. The van der Waals surface area contributed by atoms with Crippen LogP contribution in [-0.4, -0.2) is 23.4 Å². The Morgan fingerprint density at radius 3 is 2.50 bits per heavy atom. The molecular formula is C15H17N3O3S. The zero-order valence-electron chi connectivity index (χ0n) is 12.6. The van der Waals surface area contributed by atoms with Gasteiger partial charge in [0.15, 0.2) is 5.13 Å². The van der Waals surface area contributed by atoms with Crippen molar-refractivity contribution in [2.45, 2.75) is 20.8 Å². The van der Waals surface area contributed by atoms with Gasteiger partial charge in [-0.1, -0.05) is 12.1 Å². The van der Waals surface area contributed by atoms with Gasteiger partial charge in [0.1, 0.15) is 5.75 Å². The van der Waals surface area contributed by atoms with Gasteiger partial charge in [0, 0.05) is 4.88 Å². The molecule has 0 fully saturated rings. The highest BCUT2D eigenvalue weighted by molar-refractivity contribution is 7.15.